The van der Waals surface area contributed by atoms with Crippen LogP contribution in [0.3, 0.4) is 0 Å². The van der Waals surface area contributed by atoms with Crippen LogP contribution in [0, 0.1) is 11.6 Å². The number of rotatable bonds is 3. The molecular formula is C21H28F2N4O3. The number of nitrogens with one attached hydrogen (secondary N) is 2. The fourth-order valence-corrected chi connectivity index (χ4v) is 4.22. The van der Waals surface area contributed by atoms with Gasteiger partial charge in [0.1, 0.15) is 23.3 Å². The predicted molar refractivity (Wildman–Crippen MR) is 106 cm³/mol. The highest BCUT2D eigenvalue weighted by molar-refractivity contribution is 5.68. The van der Waals surface area contributed by atoms with E-state index < -0.39 is 35.5 Å². The van der Waals surface area contributed by atoms with Gasteiger partial charge in [-0.2, -0.15) is 0 Å². The Morgan fingerprint density at radius 3 is 2.73 bits per heavy atom. The van der Waals surface area contributed by atoms with Crippen molar-refractivity contribution in [3.63, 3.8) is 0 Å². The van der Waals surface area contributed by atoms with Crippen LogP contribution >= 0.6 is 0 Å². The molecule has 1 aromatic carbocycles. The third kappa shape index (κ3) is 4.22. The zero-order valence-corrected chi connectivity index (χ0v) is 17.7. The van der Waals surface area contributed by atoms with Gasteiger partial charge in [0.15, 0.2) is 0 Å². The van der Waals surface area contributed by atoms with Crippen molar-refractivity contribution in [3.05, 3.63) is 46.8 Å². The normalized spacial score (nSPS) is 24.7. The summed E-state index contributed by atoms with van der Waals surface area (Å²) in [5.74, 6) is -1.11. The number of carbonyl (C=O) groups excluding carboxylic acids is 1. The SMILES string of the molecule is Cn1[nH]c2c1CN([C@H]1CO[C@H](c3cc(F)ccc3F)[C@@H](NC(=O)OC(C)(C)C)C1)C2. The molecule has 0 radical (unpaired) electrons. The Morgan fingerprint density at radius 2 is 2.07 bits per heavy atom. The van der Waals surface area contributed by atoms with Gasteiger partial charge in [0.05, 0.1) is 24.0 Å². The molecule has 2 N–H and O–H groups in total. The first-order valence-corrected chi connectivity index (χ1v) is 10.1. The molecule has 0 bridgehead atoms. The second-order valence-corrected chi connectivity index (χ2v) is 9.06. The van der Waals surface area contributed by atoms with Gasteiger partial charge in [0.2, 0.25) is 0 Å². The summed E-state index contributed by atoms with van der Waals surface area (Å²) in [4.78, 5) is 14.7. The largest absolute Gasteiger partial charge is 0.444 e. The molecule has 0 saturated carbocycles. The molecule has 4 rings (SSSR count). The smallest absolute Gasteiger partial charge is 0.407 e. The average Bonchev–Trinajstić information content (AvgIpc) is 2.99. The predicted octanol–water partition coefficient (Wildman–Crippen LogP) is 3.37. The van der Waals surface area contributed by atoms with E-state index in [0.717, 1.165) is 31.3 Å². The van der Waals surface area contributed by atoms with Crippen molar-refractivity contribution >= 4 is 6.09 Å². The van der Waals surface area contributed by atoms with Crippen LogP contribution in [-0.2, 0) is 29.6 Å². The summed E-state index contributed by atoms with van der Waals surface area (Å²) < 4.78 is 41.7. The summed E-state index contributed by atoms with van der Waals surface area (Å²) in [5.41, 5.74) is 1.86. The number of aromatic amines is 1. The van der Waals surface area contributed by atoms with Crippen LogP contribution in [0.1, 0.15) is 50.2 Å². The van der Waals surface area contributed by atoms with E-state index in [1.165, 1.54) is 11.4 Å². The summed E-state index contributed by atoms with van der Waals surface area (Å²) in [6.45, 7) is 7.23. The summed E-state index contributed by atoms with van der Waals surface area (Å²) in [6, 6.07) is 2.74. The maximum Gasteiger partial charge on any atom is 0.407 e. The molecule has 3 heterocycles. The Labute approximate surface area is 174 Å². The van der Waals surface area contributed by atoms with E-state index in [2.05, 4.69) is 15.3 Å². The number of alkyl carbamates (subject to hydrolysis) is 1. The van der Waals surface area contributed by atoms with Crippen LogP contribution in [0.15, 0.2) is 18.2 Å². The van der Waals surface area contributed by atoms with E-state index in [1.807, 2.05) is 11.7 Å². The van der Waals surface area contributed by atoms with Crippen LogP contribution in [-0.4, -0.2) is 45.1 Å². The van der Waals surface area contributed by atoms with Gasteiger partial charge in [-0.1, -0.05) is 0 Å². The van der Waals surface area contributed by atoms with E-state index in [-0.39, 0.29) is 11.6 Å². The Hall–Kier alpha value is -2.39. The molecule has 1 aromatic heterocycles. The maximum absolute atomic E-state index is 14.5. The fourth-order valence-electron chi connectivity index (χ4n) is 4.22. The number of halogens is 2. The number of amides is 1. The molecular weight excluding hydrogens is 394 g/mol. The minimum Gasteiger partial charge on any atom is -0.444 e. The molecule has 0 aliphatic carbocycles. The van der Waals surface area contributed by atoms with Gasteiger partial charge in [0, 0.05) is 31.7 Å². The van der Waals surface area contributed by atoms with Crippen LogP contribution < -0.4 is 5.32 Å². The summed E-state index contributed by atoms with van der Waals surface area (Å²) in [7, 11) is 1.97. The monoisotopic (exact) mass is 422 g/mol. The maximum atomic E-state index is 14.5. The van der Waals surface area contributed by atoms with Crippen molar-refractivity contribution in [2.75, 3.05) is 6.61 Å². The van der Waals surface area contributed by atoms with E-state index >= 15 is 0 Å². The molecule has 2 aromatic rings. The molecule has 7 nitrogen and oxygen atoms in total. The van der Waals surface area contributed by atoms with Crippen LogP contribution in [0.5, 0.6) is 0 Å². The van der Waals surface area contributed by atoms with Crippen molar-refractivity contribution in [3.8, 4) is 0 Å². The Balaban J connectivity index is 1.53. The molecule has 0 unspecified atom stereocenters. The first kappa shape index (κ1) is 20.9. The Bertz CT molecular complexity index is 933. The van der Waals surface area contributed by atoms with Gasteiger partial charge in [-0.25, -0.2) is 13.6 Å². The lowest BCUT2D eigenvalue weighted by Crippen LogP contribution is -2.52. The molecule has 30 heavy (non-hydrogen) atoms. The van der Waals surface area contributed by atoms with Crippen molar-refractivity contribution in [2.45, 2.75) is 64.1 Å². The van der Waals surface area contributed by atoms with Crippen LogP contribution in [0.25, 0.3) is 0 Å². The number of fused-ring (bicyclic) bond motifs is 1. The molecule has 2 aliphatic heterocycles. The molecule has 1 amide bonds. The van der Waals surface area contributed by atoms with E-state index in [9.17, 15) is 13.6 Å². The lowest BCUT2D eigenvalue weighted by molar-refractivity contribution is -0.0627. The molecule has 1 saturated heterocycles. The Morgan fingerprint density at radius 1 is 1.30 bits per heavy atom. The quantitative estimate of drug-likeness (QED) is 0.796. The van der Waals surface area contributed by atoms with Crippen molar-refractivity contribution in [1.82, 2.24) is 20.0 Å². The summed E-state index contributed by atoms with van der Waals surface area (Å²) >= 11 is 0. The summed E-state index contributed by atoms with van der Waals surface area (Å²) in [6.07, 6.45) is -0.875. The van der Waals surface area contributed by atoms with Crippen LogP contribution in [0.4, 0.5) is 13.6 Å². The number of hydrogen-bond acceptors (Lipinski definition) is 4. The number of nitrogens with zero attached hydrogens (tertiary/aromatic N) is 2. The van der Waals surface area contributed by atoms with Crippen molar-refractivity contribution < 1.29 is 23.0 Å². The third-order valence-electron chi connectivity index (χ3n) is 5.61. The van der Waals surface area contributed by atoms with Crippen LogP contribution in [0.2, 0.25) is 0 Å². The number of carbonyl (C=O) groups is 1. The minimum absolute atomic E-state index is 0.0265. The van der Waals surface area contributed by atoms with Gasteiger partial charge in [-0.05, 0) is 45.4 Å². The molecule has 3 atom stereocenters. The highest BCUT2D eigenvalue weighted by atomic mass is 19.1. The number of aromatic nitrogens is 2. The number of ether oxygens (including phenoxy) is 2. The second kappa shape index (κ2) is 7.70. The first-order valence-electron chi connectivity index (χ1n) is 10.1. The van der Waals surface area contributed by atoms with Gasteiger partial charge >= 0.3 is 6.09 Å². The minimum atomic E-state index is -0.801. The number of aryl methyl sites for hydroxylation is 1. The lowest BCUT2D eigenvalue weighted by atomic mass is 9.92. The average molecular weight is 422 g/mol. The topological polar surface area (TPSA) is 71.5 Å². The number of benzene rings is 1. The van der Waals surface area contributed by atoms with Crippen molar-refractivity contribution in [1.29, 1.82) is 0 Å². The fraction of sp³-hybridized carbons (Fsp3) is 0.571. The lowest BCUT2D eigenvalue weighted by Gasteiger charge is -2.40. The standard InChI is InChI=1S/C21H28F2N4O3/c1-21(2,3)30-20(28)24-16-8-13(27-9-17-18(10-27)26(4)25-17)11-29-19(16)14-7-12(22)5-6-15(14)23/h5-7,13,16,19,25H,8-11H2,1-4H3,(H,24,28)/t13-,16+,19-/m1/s1. The molecule has 0 spiro atoms. The molecule has 1 fully saturated rings. The van der Waals surface area contributed by atoms with Gasteiger partial charge in [-0.15, -0.1) is 0 Å². The third-order valence-corrected chi connectivity index (χ3v) is 5.61. The summed E-state index contributed by atoms with van der Waals surface area (Å²) in [5, 5.41) is 6.07. The zero-order chi connectivity index (χ0) is 21.6. The number of H-pyrrole nitrogens is 1. The van der Waals surface area contributed by atoms with E-state index in [0.29, 0.717) is 13.0 Å². The van der Waals surface area contributed by atoms with E-state index in [1.54, 1.807) is 20.8 Å². The first-order chi connectivity index (χ1) is 14.1. The van der Waals surface area contributed by atoms with Gasteiger partial charge in [-0.3, -0.25) is 14.7 Å². The highest BCUT2D eigenvalue weighted by Gasteiger charge is 2.40. The molecule has 164 valence electrons. The second-order valence-electron chi connectivity index (χ2n) is 9.06. The van der Waals surface area contributed by atoms with Gasteiger partial charge < -0.3 is 14.8 Å². The molecule has 2 aliphatic rings. The Kier molecular flexibility index (Phi) is 5.36. The molecule has 9 heteroatoms. The van der Waals surface area contributed by atoms with Gasteiger partial charge in [0.25, 0.3) is 0 Å². The number of hydrogen-bond donors (Lipinski definition) is 2. The zero-order valence-electron chi connectivity index (χ0n) is 17.7. The highest BCUT2D eigenvalue weighted by Crippen LogP contribution is 2.35. The van der Waals surface area contributed by atoms with Crippen molar-refractivity contribution in [2.24, 2.45) is 7.05 Å². The van der Waals surface area contributed by atoms with E-state index in [4.69, 9.17) is 9.47 Å².